The number of thiophene rings is 2. The Morgan fingerprint density at radius 3 is 1.01 bits per heavy atom. The summed E-state index contributed by atoms with van der Waals surface area (Å²) in [4.78, 5) is 39.9. The summed E-state index contributed by atoms with van der Waals surface area (Å²) in [6.45, 7) is 0. The molecule has 104 heavy (non-hydrogen) atoms. The second kappa shape index (κ2) is 26.5. The zero-order valence-electron chi connectivity index (χ0n) is 55.8. The average molecular weight is 1370 g/mol. The van der Waals surface area contributed by atoms with E-state index in [-0.39, 0.29) is 0 Å². The molecule has 10 nitrogen and oxygen atoms in total. The van der Waals surface area contributed by atoms with Crippen LogP contribution >= 0.6 is 22.7 Å². The monoisotopic (exact) mass is 1370 g/mol. The standard InChI is InChI=1S/2C46H29N5S/c1-2-7-34(8-3-1)43-28-35-17-18-42-44(45(35)52-43)38-11-4-5-12-41(38)51(42)37-10-6-9-36(27-37)46-49-39(29-40(50-46)33-21-25-48-26-22-33)32-15-13-30(14-16-32)31-19-23-47-24-20-31;1-2-7-33(8-3-1)43-28-36-17-18-42-44(45(36)52-43)38-11-4-5-12-41(38)51(42)37-10-6-9-35(27-37)40-29-39(49-46(50-40)34-21-25-48-26-22-34)32-15-13-30(14-16-32)31-19-23-47-24-20-31/h2*1-29H. The van der Waals surface area contributed by atoms with E-state index >= 15 is 0 Å². The molecule has 0 aliphatic heterocycles. The summed E-state index contributed by atoms with van der Waals surface area (Å²) in [6, 6.07) is 107. The third-order valence-corrected chi connectivity index (χ3v) is 21.7. The summed E-state index contributed by atoms with van der Waals surface area (Å²) in [7, 11) is 0. The van der Waals surface area contributed by atoms with Crippen LogP contribution in [0.1, 0.15) is 0 Å². The summed E-state index contributed by atoms with van der Waals surface area (Å²) in [5.74, 6) is 1.32. The Hall–Kier alpha value is -13.5. The lowest BCUT2D eigenvalue weighted by molar-refractivity contribution is 1.16. The first-order chi connectivity index (χ1) is 51.5. The lowest BCUT2D eigenvalue weighted by atomic mass is 10.0. The highest BCUT2D eigenvalue weighted by molar-refractivity contribution is 7.23. The molecule has 0 aliphatic rings. The number of hydrogen-bond donors (Lipinski definition) is 0. The van der Waals surface area contributed by atoms with Gasteiger partial charge in [-0.05, 0) is 165 Å². The van der Waals surface area contributed by atoms with Crippen molar-refractivity contribution in [3.8, 4) is 122 Å². The van der Waals surface area contributed by atoms with Crippen molar-refractivity contribution in [2.45, 2.75) is 0 Å². The van der Waals surface area contributed by atoms with Crippen LogP contribution < -0.4 is 0 Å². The van der Waals surface area contributed by atoms with E-state index in [0.29, 0.717) is 11.6 Å². The van der Waals surface area contributed by atoms with E-state index in [1.165, 1.54) is 84.7 Å². The molecule has 10 heterocycles. The van der Waals surface area contributed by atoms with E-state index in [0.717, 1.165) is 89.8 Å². The molecule has 0 radical (unpaired) electrons. The van der Waals surface area contributed by atoms with Crippen LogP contribution in [0.15, 0.2) is 353 Å². The summed E-state index contributed by atoms with van der Waals surface area (Å²) < 4.78 is 7.37. The van der Waals surface area contributed by atoms with Crippen molar-refractivity contribution < 1.29 is 0 Å². The normalized spacial score (nSPS) is 11.5. The molecule has 0 saturated carbocycles. The van der Waals surface area contributed by atoms with Crippen LogP contribution in [0.2, 0.25) is 0 Å². The minimum absolute atomic E-state index is 0.657. The molecule has 0 bridgehead atoms. The van der Waals surface area contributed by atoms with Gasteiger partial charge in [0.2, 0.25) is 0 Å². The zero-order chi connectivity index (χ0) is 68.9. The van der Waals surface area contributed by atoms with Gasteiger partial charge < -0.3 is 9.13 Å². The number of pyridine rings is 4. The number of hydrogen-bond acceptors (Lipinski definition) is 10. The quantitative estimate of drug-likeness (QED) is 0.119. The van der Waals surface area contributed by atoms with Gasteiger partial charge in [0.15, 0.2) is 11.6 Å². The maximum Gasteiger partial charge on any atom is 0.160 e. The highest BCUT2D eigenvalue weighted by atomic mass is 32.1. The summed E-state index contributed by atoms with van der Waals surface area (Å²) in [5, 5.41) is 7.57. The molecule has 10 aromatic heterocycles. The van der Waals surface area contributed by atoms with Gasteiger partial charge in [-0.3, -0.25) is 19.9 Å². The zero-order valence-corrected chi connectivity index (χ0v) is 57.4. The van der Waals surface area contributed by atoms with Crippen molar-refractivity contribution in [1.82, 2.24) is 49.0 Å². The van der Waals surface area contributed by atoms with Gasteiger partial charge >= 0.3 is 0 Å². The fraction of sp³-hybridized carbons (Fsp3) is 0. The second-order valence-corrected chi connectivity index (χ2v) is 27.6. The molecule has 0 amide bonds. The Bertz CT molecular complexity index is 6160. The minimum atomic E-state index is 0.657. The van der Waals surface area contributed by atoms with Gasteiger partial charge in [0.25, 0.3) is 0 Å². The fourth-order valence-corrected chi connectivity index (χ4v) is 16.7. The fourth-order valence-electron chi connectivity index (χ4n) is 14.3. The van der Waals surface area contributed by atoms with Gasteiger partial charge in [-0.15, -0.1) is 22.7 Å². The van der Waals surface area contributed by atoms with Crippen molar-refractivity contribution >= 4 is 86.5 Å². The molecule has 20 aromatic rings. The Kier molecular flexibility index (Phi) is 15.7. The van der Waals surface area contributed by atoms with E-state index in [4.69, 9.17) is 19.9 Å². The van der Waals surface area contributed by atoms with Crippen LogP contribution in [0.25, 0.3) is 186 Å². The van der Waals surface area contributed by atoms with Crippen LogP contribution in [-0.4, -0.2) is 49.0 Å². The van der Waals surface area contributed by atoms with Crippen molar-refractivity contribution in [2.75, 3.05) is 0 Å². The van der Waals surface area contributed by atoms with Crippen LogP contribution in [-0.2, 0) is 0 Å². The molecule has 0 unspecified atom stereocenters. The second-order valence-electron chi connectivity index (χ2n) is 25.5. The molecule has 0 saturated heterocycles. The molecule has 488 valence electrons. The highest BCUT2D eigenvalue weighted by Gasteiger charge is 2.22. The number of aromatic nitrogens is 10. The molecule has 0 fully saturated rings. The molecule has 0 spiro atoms. The first-order valence-electron chi connectivity index (χ1n) is 34.4. The van der Waals surface area contributed by atoms with Crippen LogP contribution in [0, 0.1) is 0 Å². The maximum absolute atomic E-state index is 5.18. The molecule has 0 atom stereocenters. The molecular formula is C92H58N10S2. The lowest BCUT2D eigenvalue weighted by Gasteiger charge is -2.12. The average Bonchev–Trinajstić information content (AvgIpc) is 1.57. The third-order valence-electron chi connectivity index (χ3n) is 19.3. The topological polar surface area (TPSA) is 113 Å². The van der Waals surface area contributed by atoms with E-state index in [1.54, 1.807) is 24.8 Å². The smallest absolute Gasteiger partial charge is 0.160 e. The van der Waals surface area contributed by atoms with E-state index < -0.39 is 0 Å². The Balaban J connectivity index is 0.000000143. The number of nitrogens with zero attached hydrogens (tertiary/aromatic N) is 10. The minimum Gasteiger partial charge on any atom is -0.309 e. The van der Waals surface area contributed by atoms with E-state index in [2.05, 4.69) is 284 Å². The molecule has 0 N–H and O–H groups in total. The van der Waals surface area contributed by atoms with Gasteiger partial charge in [-0.1, -0.05) is 182 Å². The summed E-state index contributed by atoms with van der Waals surface area (Å²) in [5.41, 5.74) is 23.1. The number of para-hydroxylation sites is 2. The highest BCUT2D eigenvalue weighted by Crippen LogP contribution is 2.46. The summed E-state index contributed by atoms with van der Waals surface area (Å²) >= 11 is 3.73. The largest absolute Gasteiger partial charge is 0.309 e. The third kappa shape index (κ3) is 11.5. The molecule has 12 heteroatoms. The van der Waals surface area contributed by atoms with E-state index in [1.807, 2.05) is 96.0 Å². The van der Waals surface area contributed by atoms with Crippen molar-refractivity contribution in [3.05, 3.63) is 353 Å². The summed E-state index contributed by atoms with van der Waals surface area (Å²) in [6.07, 6.45) is 14.4. The molecule has 20 rings (SSSR count). The molecular weight excluding hydrogens is 1310 g/mol. The van der Waals surface area contributed by atoms with Crippen molar-refractivity contribution in [3.63, 3.8) is 0 Å². The van der Waals surface area contributed by atoms with Gasteiger partial charge in [-0.25, -0.2) is 19.9 Å². The van der Waals surface area contributed by atoms with Gasteiger partial charge in [0.05, 0.1) is 44.8 Å². The predicted molar refractivity (Wildman–Crippen MR) is 429 cm³/mol. The number of fused-ring (bicyclic) bond motifs is 10. The molecule has 0 aliphatic carbocycles. The Morgan fingerprint density at radius 2 is 0.558 bits per heavy atom. The SMILES string of the molecule is c1ccc(-c2cc3ccc4c(c5ccccc5n4-c4cccc(-c5cc(-c6ccc(-c7ccncc7)cc6)nc(-c6ccncc6)n5)c4)c3s2)cc1.c1ccc(-c2cc3ccc4c(c5ccccc5n4-c4cccc(-c5nc(-c6ccncc6)cc(-c6ccc(-c7ccncc7)cc6)n5)c4)c3s2)cc1. The first kappa shape index (κ1) is 61.6. The van der Waals surface area contributed by atoms with Crippen LogP contribution in [0.3, 0.4) is 0 Å². The van der Waals surface area contributed by atoms with Gasteiger partial charge in [-0.2, -0.15) is 0 Å². The lowest BCUT2D eigenvalue weighted by Crippen LogP contribution is -1.98. The Morgan fingerprint density at radius 1 is 0.221 bits per heavy atom. The maximum atomic E-state index is 5.18. The van der Waals surface area contributed by atoms with Gasteiger partial charge in [0, 0.05) is 135 Å². The van der Waals surface area contributed by atoms with Crippen LogP contribution in [0.4, 0.5) is 0 Å². The predicted octanol–water partition coefficient (Wildman–Crippen LogP) is 23.8. The van der Waals surface area contributed by atoms with Crippen molar-refractivity contribution in [2.24, 2.45) is 0 Å². The van der Waals surface area contributed by atoms with Gasteiger partial charge in [0.1, 0.15) is 0 Å². The first-order valence-corrected chi connectivity index (χ1v) is 36.0. The van der Waals surface area contributed by atoms with Crippen molar-refractivity contribution in [1.29, 1.82) is 0 Å². The van der Waals surface area contributed by atoms with E-state index in [9.17, 15) is 0 Å². The number of benzene rings is 10. The van der Waals surface area contributed by atoms with Crippen LogP contribution in [0.5, 0.6) is 0 Å². The Labute approximate surface area is 606 Å². The molecule has 10 aromatic carbocycles. The number of rotatable bonds is 12.